The first kappa shape index (κ1) is 10.2. The summed E-state index contributed by atoms with van der Waals surface area (Å²) in [5.74, 6) is 0. The zero-order chi connectivity index (χ0) is 9.52. The van der Waals surface area contributed by atoms with E-state index in [9.17, 15) is 0 Å². The molecule has 0 saturated carbocycles. The van der Waals surface area contributed by atoms with E-state index >= 15 is 0 Å². The van der Waals surface area contributed by atoms with Gasteiger partial charge in [0.1, 0.15) is 0 Å². The molecule has 71 valence electrons. The highest BCUT2D eigenvalue weighted by Gasteiger charge is 1.94. The summed E-state index contributed by atoms with van der Waals surface area (Å²) in [5.41, 5.74) is 1.26. The van der Waals surface area contributed by atoms with Crippen molar-refractivity contribution in [1.29, 1.82) is 0 Å². The van der Waals surface area contributed by atoms with Gasteiger partial charge in [-0.3, -0.25) is 0 Å². The fourth-order valence-corrected chi connectivity index (χ4v) is 1.10. The maximum absolute atomic E-state index is 8.90. The highest BCUT2D eigenvalue weighted by Crippen LogP contribution is 1.97. The monoisotopic (exact) mass is 178 g/mol. The minimum absolute atomic E-state index is 0.455. The van der Waals surface area contributed by atoms with Gasteiger partial charge in [-0.15, -0.1) is 0 Å². The summed E-state index contributed by atoms with van der Waals surface area (Å²) in [6, 6.07) is 10.2. The molecule has 1 radical (unpaired) electrons. The molecule has 0 heterocycles. The third-order valence-electron chi connectivity index (χ3n) is 1.83. The van der Waals surface area contributed by atoms with E-state index in [2.05, 4.69) is 24.4 Å². The number of hydrogen-bond acceptors (Lipinski definition) is 2. The van der Waals surface area contributed by atoms with Gasteiger partial charge in [-0.2, -0.15) is 0 Å². The van der Waals surface area contributed by atoms with Crippen molar-refractivity contribution in [2.45, 2.75) is 19.1 Å². The van der Waals surface area contributed by atoms with Crippen molar-refractivity contribution in [3.8, 4) is 0 Å². The van der Waals surface area contributed by atoms with Crippen molar-refractivity contribution < 1.29 is 5.11 Å². The van der Waals surface area contributed by atoms with Crippen LogP contribution in [0.15, 0.2) is 30.3 Å². The average Bonchev–Trinajstić information content (AvgIpc) is 2.14. The molecule has 0 spiro atoms. The molecular formula is C11H16NO. The van der Waals surface area contributed by atoms with Crippen molar-refractivity contribution >= 4 is 0 Å². The number of aliphatic hydroxyl groups excluding tert-OH is 1. The molecule has 0 fully saturated rings. The zero-order valence-electron chi connectivity index (χ0n) is 7.74. The Balaban J connectivity index is 2.13. The summed E-state index contributed by atoms with van der Waals surface area (Å²) < 4.78 is 0. The van der Waals surface area contributed by atoms with Crippen molar-refractivity contribution in [3.63, 3.8) is 0 Å². The Hall–Kier alpha value is -0.860. The fraction of sp³-hybridized carbons (Fsp3) is 0.364. The standard InChI is InChI=1S/C11H16NO/c1-10(13)7-8-12-9-11-5-3-2-4-6-11/h2-6,10,12-13H,1,7-9H2. The summed E-state index contributed by atoms with van der Waals surface area (Å²) in [6.07, 6.45) is 0.246. The van der Waals surface area contributed by atoms with Gasteiger partial charge >= 0.3 is 0 Å². The van der Waals surface area contributed by atoms with E-state index in [1.165, 1.54) is 5.56 Å². The van der Waals surface area contributed by atoms with Gasteiger partial charge in [0.2, 0.25) is 0 Å². The van der Waals surface area contributed by atoms with Gasteiger partial charge in [-0.1, -0.05) is 30.3 Å². The smallest absolute Gasteiger partial charge is 0.0553 e. The van der Waals surface area contributed by atoms with Crippen molar-refractivity contribution in [2.24, 2.45) is 0 Å². The second-order valence-electron chi connectivity index (χ2n) is 3.10. The summed E-state index contributed by atoms with van der Waals surface area (Å²) in [7, 11) is 0. The van der Waals surface area contributed by atoms with Gasteiger partial charge in [0, 0.05) is 6.54 Å². The Morgan fingerprint density at radius 3 is 2.62 bits per heavy atom. The molecule has 2 nitrogen and oxygen atoms in total. The summed E-state index contributed by atoms with van der Waals surface area (Å²) in [5, 5.41) is 12.1. The van der Waals surface area contributed by atoms with Gasteiger partial charge < -0.3 is 10.4 Å². The lowest BCUT2D eigenvalue weighted by Crippen LogP contribution is -2.18. The molecule has 1 aromatic rings. The molecule has 0 aliphatic carbocycles. The molecule has 1 unspecified atom stereocenters. The van der Waals surface area contributed by atoms with E-state index in [4.69, 9.17) is 5.11 Å². The molecule has 0 bridgehead atoms. The molecule has 0 aromatic heterocycles. The highest BCUT2D eigenvalue weighted by molar-refractivity contribution is 5.14. The number of benzene rings is 1. The van der Waals surface area contributed by atoms with Crippen LogP contribution >= 0.6 is 0 Å². The predicted molar refractivity (Wildman–Crippen MR) is 54.1 cm³/mol. The lowest BCUT2D eigenvalue weighted by Gasteiger charge is -2.05. The third-order valence-corrected chi connectivity index (χ3v) is 1.83. The first-order chi connectivity index (χ1) is 6.29. The normalized spacial score (nSPS) is 12.8. The Kier molecular flexibility index (Phi) is 4.50. The highest BCUT2D eigenvalue weighted by atomic mass is 16.3. The van der Waals surface area contributed by atoms with E-state index in [-0.39, 0.29) is 0 Å². The first-order valence-electron chi connectivity index (χ1n) is 4.55. The van der Waals surface area contributed by atoms with Crippen molar-refractivity contribution in [3.05, 3.63) is 42.8 Å². The maximum Gasteiger partial charge on any atom is 0.0553 e. The van der Waals surface area contributed by atoms with Crippen LogP contribution in [-0.4, -0.2) is 17.8 Å². The Morgan fingerprint density at radius 1 is 1.31 bits per heavy atom. The summed E-state index contributed by atoms with van der Waals surface area (Å²) in [4.78, 5) is 0. The van der Waals surface area contributed by atoms with Gasteiger partial charge in [0.05, 0.1) is 6.10 Å². The molecular weight excluding hydrogens is 162 g/mol. The van der Waals surface area contributed by atoms with Crippen LogP contribution in [0, 0.1) is 6.92 Å². The van der Waals surface area contributed by atoms with Crippen LogP contribution in [0.25, 0.3) is 0 Å². The minimum Gasteiger partial charge on any atom is -0.393 e. The molecule has 2 heteroatoms. The number of aliphatic hydroxyl groups is 1. The quantitative estimate of drug-likeness (QED) is 0.667. The van der Waals surface area contributed by atoms with Crippen LogP contribution in [-0.2, 0) is 6.54 Å². The molecule has 0 saturated heterocycles. The Morgan fingerprint density at radius 2 is 2.00 bits per heavy atom. The van der Waals surface area contributed by atoms with E-state index in [1.54, 1.807) is 0 Å². The van der Waals surface area contributed by atoms with Gasteiger partial charge in [0.15, 0.2) is 0 Å². The molecule has 0 aliphatic heterocycles. The molecule has 2 N–H and O–H groups in total. The fourth-order valence-electron chi connectivity index (χ4n) is 1.10. The topological polar surface area (TPSA) is 32.3 Å². The minimum atomic E-state index is -0.455. The average molecular weight is 178 g/mol. The van der Waals surface area contributed by atoms with Gasteiger partial charge in [-0.25, -0.2) is 0 Å². The van der Waals surface area contributed by atoms with Crippen LogP contribution in [0.1, 0.15) is 12.0 Å². The molecule has 1 aromatic carbocycles. The largest absolute Gasteiger partial charge is 0.393 e. The lowest BCUT2D eigenvalue weighted by atomic mass is 10.2. The van der Waals surface area contributed by atoms with Gasteiger partial charge in [-0.05, 0) is 25.5 Å². The maximum atomic E-state index is 8.90. The predicted octanol–water partition coefficient (Wildman–Crippen LogP) is 1.36. The number of hydrogen-bond donors (Lipinski definition) is 2. The molecule has 1 rings (SSSR count). The Bertz CT molecular complexity index is 221. The third kappa shape index (κ3) is 4.65. The molecule has 0 aliphatic rings. The Labute approximate surface area is 79.6 Å². The number of nitrogens with one attached hydrogen (secondary N) is 1. The second kappa shape index (κ2) is 5.73. The molecule has 13 heavy (non-hydrogen) atoms. The molecule has 1 atom stereocenters. The van der Waals surface area contributed by atoms with Crippen LogP contribution in [0.3, 0.4) is 0 Å². The number of rotatable bonds is 5. The summed E-state index contributed by atoms with van der Waals surface area (Å²) in [6.45, 7) is 5.16. The first-order valence-corrected chi connectivity index (χ1v) is 4.55. The van der Waals surface area contributed by atoms with Crippen molar-refractivity contribution in [2.75, 3.05) is 6.54 Å². The van der Waals surface area contributed by atoms with Crippen molar-refractivity contribution in [1.82, 2.24) is 5.32 Å². The SMILES string of the molecule is [CH2]C(O)CCNCc1ccccc1. The second-order valence-corrected chi connectivity index (χ2v) is 3.10. The van der Waals surface area contributed by atoms with E-state index in [0.717, 1.165) is 13.1 Å². The van der Waals surface area contributed by atoms with Crippen LogP contribution in [0.5, 0.6) is 0 Å². The van der Waals surface area contributed by atoms with Crippen LogP contribution < -0.4 is 5.32 Å². The van der Waals surface area contributed by atoms with Crippen LogP contribution in [0.2, 0.25) is 0 Å². The van der Waals surface area contributed by atoms with E-state index in [1.807, 2.05) is 18.2 Å². The summed E-state index contributed by atoms with van der Waals surface area (Å²) >= 11 is 0. The zero-order valence-corrected chi connectivity index (χ0v) is 7.74. The van der Waals surface area contributed by atoms with Crippen LogP contribution in [0.4, 0.5) is 0 Å². The van der Waals surface area contributed by atoms with E-state index < -0.39 is 6.10 Å². The van der Waals surface area contributed by atoms with E-state index in [0.29, 0.717) is 6.42 Å². The molecule has 0 amide bonds. The lowest BCUT2D eigenvalue weighted by molar-refractivity contribution is 0.209. The van der Waals surface area contributed by atoms with Gasteiger partial charge in [0.25, 0.3) is 0 Å².